The average molecular weight is 196 g/mol. The molecule has 78 valence electrons. The minimum atomic E-state index is -0.241. The molecule has 0 aliphatic heterocycles. The second kappa shape index (κ2) is 3.79. The number of carbonyl (C=O) groups excluding carboxylic acids is 1. The Kier molecular flexibility index (Phi) is 2.90. The van der Waals surface area contributed by atoms with Crippen LogP contribution in [-0.4, -0.2) is 28.3 Å². The second-order valence-corrected chi connectivity index (χ2v) is 3.87. The monoisotopic (exact) mass is 196 g/mol. The van der Waals surface area contributed by atoms with Crippen LogP contribution in [0.25, 0.3) is 0 Å². The first-order valence-electron chi connectivity index (χ1n) is 4.48. The molecular weight excluding hydrogens is 180 g/mol. The van der Waals surface area contributed by atoms with Gasteiger partial charge in [0.1, 0.15) is 5.82 Å². The molecule has 0 radical (unpaired) electrons. The van der Waals surface area contributed by atoms with Crippen LogP contribution in [0.1, 0.15) is 25.1 Å². The van der Waals surface area contributed by atoms with Gasteiger partial charge in [-0.3, -0.25) is 4.79 Å². The first-order chi connectivity index (χ1) is 6.46. The van der Waals surface area contributed by atoms with Crippen molar-refractivity contribution in [3.63, 3.8) is 0 Å². The van der Waals surface area contributed by atoms with Crippen molar-refractivity contribution in [2.24, 2.45) is 0 Å². The van der Waals surface area contributed by atoms with E-state index in [0.29, 0.717) is 12.2 Å². The van der Waals surface area contributed by atoms with Crippen molar-refractivity contribution in [2.75, 3.05) is 12.8 Å². The molecule has 0 saturated carbocycles. The van der Waals surface area contributed by atoms with Crippen molar-refractivity contribution in [3.8, 4) is 0 Å². The maximum atomic E-state index is 11.7. The van der Waals surface area contributed by atoms with Crippen molar-refractivity contribution >= 4 is 11.7 Å². The summed E-state index contributed by atoms with van der Waals surface area (Å²) < 4.78 is 1.22. The minimum Gasteiger partial charge on any atom is -0.383 e. The topological polar surface area (TPSA) is 72.9 Å². The maximum Gasteiger partial charge on any atom is 0.250 e. The molecule has 0 aliphatic rings. The number of nitrogens with one attached hydrogen (secondary N) is 1. The number of rotatable bonds is 3. The van der Waals surface area contributed by atoms with E-state index in [9.17, 15) is 4.79 Å². The zero-order valence-electron chi connectivity index (χ0n) is 8.74. The lowest BCUT2D eigenvalue weighted by molar-refractivity contribution is 0.0856. The first-order valence-corrected chi connectivity index (χ1v) is 4.48. The van der Waals surface area contributed by atoms with Crippen molar-refractivity contribution in [1.29, 1.82) is 0 Å². The van der Waals surface area contributed by atoms with Crippen LogP contribution in [-0.2, 0) is 0 Å². The highest BCUT2D eigenvalue weighted by Crippen LogP contribution is 2.10. The van der Waals surface area contributed by atoms with E-state index in [1.807, 2.05) is 20.9 Å². The Bertz CT molecular complexity index is 329. The summed E-state index contributed by atoms with van der Waals surface area (Å²) in [7, 11) is 1.82. The molecule has 5 heteroatoms. The largest absolute Gasteiger partial charge is 0.383 e. The molecule has 0 bridgehead atoms. The number of nitrogen functional groups attached to an aromatic ring is 1. The number of nitrogens with two attached hydrogens (primary N) is 1. The predicted molar refractivity (Wildman–Crippen MR) is 55.0 cm³/mol. The van der Waals surface area contributed by atoms with Crippen LogP contribution in [0, 0.1) is 0 Å². The summed E-state index contributed by atoms with van der Waals surface area (Å²) in [5.74, 6) is 0.272. The molecule has 0 saturated heterocycles. The molecule has 0 amide bonds. The van der Waals surface area contributed by atoms with Gasteiger partial charge in [0.05, 0.1) is 6.20 Å². The second-order valence-electron chi connectivity index (χ2n) is 3.87. The zero-order chi connectivity index (χ0) is 10.8. The fourth-order valence-electron chi connectivity index (χ4n) is 1.06. The van der Waals surface area contributed by atoms with Crippen molar-refractivity contribution in [1.82, 2.24) is 15.1 Å². The molecule has 0 unspecified atom stereocenters. The molecule has 0 aliphatic carbocycles. The van der Waals surface area contributed by atoms with Gasteiger partial charge >= 0.3 is 0 Å². The molecule has 1 heterocycles. The Labute approximate surface area is 83.3 Å². The van der Waals surface area contributed by atoms with E-state index in [-0.39, 0.29) is 11.4 Å². The fraction of sp³-hybridized carbons (Fsp3) is 0.556. The van der Waals surface area contributed by atoms with Gasteiger partial charge < -0.3 is 11.1 Å². The van der Waals surface area contributed by atoms with Crippen LogP contribution >= 0.6 is 0 Å². The Morgan fingerprint density at radius 1 is 1.71 bits per heavy atom. The molecule has 1 aromatic heterocycles. The van der Waals surface area contributed by atoms with E-state index < -0.39 is 0 Å². The van der Waals surface area contributed by atoms with Gasteiger partial charge in [0, 0.05) is 18.0 Å². The lowest BCUT2D eigenvalue weighted by atomic mass is 10.0. The third-order valence-corrected chi connectivity index (χ3v) is 2.18. The quantitative estimate of drug-likeness (QED) is 0.738. The highest BCUT2D eigenvalue weighted by Gasteiger charge is 2.21. The molecule has 0 aromatic carbocycles. The van der Waals surface area contributed by atoms with Gasteiger partial charge in [-0.15, -0.1) is 0 Å². The van der Waals surface area contributed by atoms with E-state index in [4.69, 9.17) is 5.73 Å². The summed E-state index contributed by atoms with van der Waals surface area (Å²) >= 11 is 0. The number of aromatic nitrogens is 2. The first kappa shape index (κ1) is 10.7. The minimum absolute atomic E-state index is 0.105. The maximum absolute atomic E-state index is 11.7. The van der Waals surface area contributed by atoms with Crippen molar-refractivity contribution in [3.05, 3.63) is 12.3 Å². The van der Waals surface area contributed by atoms with Crippen molar-refractivity contribution in [2.45, 2.75) is 25.8 Å². The van der Waals surface area contributed by atoms with Gasteiger partial charge in [-0.1, -0.05) is 0 Å². The zero-order valence-corrected chi connectivity index (χ0v) is 8.74. The normalized spacial score (nSPS) is 11.6. The summed E-state index contributed by atoms with van der Waals surface area (Å²) in [6.45, 7) is 3.90. The standard InChI is InChI=1S/C9H16N4O/c1-9(2,11-3)6-8(14)13-7(10)4-5-12-13/h4-5,11H,6,10H2,1-3H3. The number of anilines is 1. The van der Waals surface area contributed by atoms with Crippen LogP contribution in [0.2, 0.25) is 0 Å². The fourth-order valence-corrected chi connectivity index (χ4v) is 1.06. The summed E-state index contributed by atoms with van der Waals surface area (Å²) in [5.41, 5.74) is 5.32. The molecule has 5 nitrogen and oxygen atoms in total. The Morgan fingerprint density at radius 3 is 2.79 bits per heavy atom. The highest BCUT2D eigenvalue weighted by molar-refractivity contribution is 5.81. The lowest BCUT2D eigenvalue weighted by Gasteiger charge is -2.22. The molecular formula is C9H16N4O. The van der Waals surface area contributed by atoms with E-state index in [0.717, 1.165) is 0 Å². The van der Waals surface area contributed by atoms with E-state index in [1.165, 1.54) is 10.9 Å². The summed E-state index contributed by atoms with van der Waals surface area (Å²) in [5, 5.41) is 6.90. The van der Waals surface area contributed by atoms with Crippen molar-refractivity contribution < 1.29 is 4.79 Å². The lowest BCUT2D eigenvalue weighted by Crippen LogP contribution is -2.39. The molecule has 14 heavy (non-hydrogen) atoms. The SMILES string of the molecule is CNC(C)(C)CC(=O)n1nccc1N. The number of hydrogen-bond donors (Lipinski definition) is 2. The Balaban J connectivity index is 2.73. The number of carbonyl (C=O) groups is 1. The summed E-state index contributed by atoms with van der Waals surface area (Å²) in [4.78, 5) is 11.7. The molecule has 1 rings (SSSR count). The molecule has 0 atom stereocenters. The third-order valence-electron chi connectivity index (χ3n) is 2.18. The van der Waals surface area contributed by atoms with Crippen LogP contribution < -0.4 is 11.1 Å². The third kappa shape index (κ3) is 2.32. The van der Waals surface area contributed by atoms with Gasteiger partial charge in [-0.25, -0.2) is 0 Å². The van der Waals surface area contributed by atoms with Crippen LogP contribution in [0.4, 0.5) is 5.82 Å². The van der Waals surface area contributed by atoms with Crippen LogP contribution in [0.3, 0.4) is 0 Å². The van der Waals surface area contributed by atoms with Crippen LogP contribution in [0.5, 0.6) is 0 Å². The van der Waals surface area contributed by atoms with E-state index in [2.05, 4.69) is 10.4 Å². The molecule has 0 fully saturated rings. The average Bonchev–Trinajstić information content (AvgIpc) is 2.51. The summed E-state index contributed by atoms with van der Waals surface area (Å²) in [6, 6.07) is 1.60. The number of nitrogens with zero attached hydrogens (tertiary/aromatic N) is 2. The van der Waals surface area contributed by atoms with Gasteiger partial charge in [0.2, 0.25) is 0 Å². The van der Waals surface area contributed by atoms with E-state index >= 15 is 0 Å². The summed E-state index contributed by atoms with van der Waals surface area (Å²) in [6.07, 6.45) is 1.87. The highest BCUT2D eigenvalue weighted by atomic mass is 16.2. The van der Waals surface area contributed by atoms with Gasteiger partial charge in [-0.2, -0.15) is 9.78 Å². The molecule has 0 spiro atoms. The van der Waals surface area contributed by atoms with Gasteiger partial charge in [0.25, 0.3) is 5.91 Å². The Morgan fingerprint density at radius 2 is 2.36 bits per heavy atom. The molecule has 3 N–H and O–H groups in total. The van der Waals surface area contributed by atoms with Gasteiger partial charge in [-0.05, 0) is 20.9 Å². The van der Waals surface area contributed by atoms with E-state index in [1.54, 1.807) is 6.07 Å². The molecule has 1 aromatic rings. The predicted octanol–water partition coefficient (Wildman–Crippen LogP) is 0.494. The smallest absolute Gasteiger partial charge is 0.250 e. The Hall–Kier alpha value is -1.36. The number of hydrogen-bond acceptors (Lipinski definition) is 4. The van der Waals surface area contributed by atoms with Crippen LogP contribution in [0.15, 0.2) is 12.3 Å². The van der Waals surface area contributed by atoms with Gasteiger partial charge in [0.15, 0.2) is 0 Å².